The summed E-state index contributed by atoms with van der Waals surface area (Å²) in [6.45, 7) is 0. The predicted molar refractivity (Wildman–Crippen MR) is 119 cm³/mol. The highest BCUT2D eigenvalue weighted by molar-refractivity contribution is 6.36. The Morgan fingerprint density at radius 2 is 0.967 bits per heavy atom. The molecule has 0 spiro atoms. The molecule has 3 nitrogen and oxygen atoms in total. The van der Waals surface area contributed by atoms with Crippen molar-refractivity contribution in [1.82, 2.24) is 0 Å². The van der Waals surface area contributed by atoms with Gasteiger partial charge in [-0.3, -0.25) is 4.79 Å². The number of carbonyl (C=O) groups excluding carboxylic acids is 1. The van der Waals surface area contributed by atoms with E-state index in [4.69, 9.17) is 4.84 Å². The zero-order valence-corrected chi connectivity index (χ0v) is 16.3. The van der Waals surface area contributed by atoms with Gasteiger partial charge in [0.1, 0.15) is 0 Å². The fourth-order valence-corrected chi connectivity index (χ4v) is 3.52. The number of benzene rings is 4. The van der Waals surface area contributed by atoms with Gasteiger partial charge in [0.2, 0.25) is 5.60 Å². The van der Waals surface area contributed by atoms with E-state index in [1.54, 1.807) is 0 Å². The van der Waals surface area contributed by atoms with Crippen molar-refractivity contribution in [3.63, 3.8) is 0 Å². The molecule has 0 amide bonds. The molecule has 0 saturated heterocycles. The zero-order valence-electron chi connectivity index (χ0n) is 16.3. The Kier molecular flexibility index (Phi) is 5.81. The minimum absolute atomic E-state index is 0.114. The summed E-state index contributed by atoms with van der Waals surface area (Å²) in [5.74, 6) is 0. The lowest BCUT2D eigenvalue weighted by Crippen LogP contribution is -2.31. The molecule has 0 heterocycles. The summed E-state index contributed by atoms with van der Waals surface area (Å²) in [7, 11) is 0. The quantitative estimate of drug-likeness (QED) is 0.237. The zero-order chi connectivity index (χ0) is 20.7. The van der Waals surface area contributed by atoms with Crippen LogP contribution in [0.25, 0.3) is 0 Å². The highest BCUT2D eigenvalue weighted by Crippen LogP contribution is 2.40. The molecule has 0 atom stereocenters. The molecule has 30 heavy (non-hydrogen) atoms. The van der Waals surface area contributed by atoms with Gasteiger partial charge < -0.3 is 4.84 Å². The van der Waals surface area contributed by atoms with Crippen LogP contribution in [0.4, 0.5) is 0 Å². The standard InChI is InChI=1S/C27H20NO2/c29-21-26(22-13-5-1-6-14-22)28-30-27(23-15-7-2-8-16-23,24-17-9-3-10-18-24)25-19-11-4-12-20-25/h1-20H. The molecular weight excluding hydrogens is 370 g/mol. The van der Waals surface area contributed by atoms with Crippen LogP contribution in [0.3, 0.4) is 0 Å². The second-order valence-electron chi connectivity index (χ2n) is 6.78. The molecule has 145 valence electrons. The fourth-order valence-electron chi connectivity index (χ4n) is 3.52. The van der Waals surface area contributed by atoms with Crippen molar-refractivity contribution in [1.29, 1.82) is 0 Å². The Labute approximate surface area is 176 Å². The third-order valence-corrected chi connectivity index (χ3v) is 4.96. The number of oxime groups is 1. The molecule has 0 bridgehead atoms. The summed E-state index contributed by atoms with van der Waals surface area (Å²) < 4.78 is 0. The fraction of sp³-hybridized carbons (Fsp3) is 0.0370. The number of nitrogens with zero attached hydrogens (tertiary/aromatic N) is 1. The van der Waals surface area contributed by atoms with Gasteiger partial charge in [0.25, 0.3) is 6.29 Å². The van der Waals surface area contributed by atoms with Crippen LogP contribution < -0.4 is 0 Å². The van der Waals surface area contributed by atoms with Crippen LogP contribution in [0.1, 0.15) is 22.3 Å². The molecule has 4 aromatic rings. The normalized spacial score (nSPS) is 11.7. The van der Waals surface area contributed by atoms with E-state index >= 15 is 0 Å². The van der Waals surface area contributed by atoms with Crippen LogP contribution in [0.2, 0.25) is 0 Å². The van der Waals surface area contributed by atoms with Crippen LogP contribution in [0.15, 0.2) is 126 Å². The van der Waals surface area contributed by atoms with Gasteiger partial charge in [-0.05, 0) is 0 Å². The molecule has 0 aliphatic heterocycles. The first-order valence-corrected chi connectivity index (χ1v) is 9.71. The van der Waals surface area contributed by atoms with Crippen molar-refractivity contribution in [2.24, 2.45) is 5.16 Å². The lowest BCUT2D eigenvalue weighted by molar-refractivity contribution is 0.0177. The second-order valence-corrected chi connectivity index (χ2v) is 6.78. The van der Waals surface area contributed by atoms with Gasteiger partial charge in [-0.1, -0.05) is 126 Å². The monoisotopic (exact) mass is 390 g/mol. The summed E-state index contributed by atoms with van der Waals surface area (Å²) in [5, 5.41) is 4.31. The van der Waals surface area contributed by atoms with E-state index in [9.17, 15) is 4.79 Å². The molecule has 0 unspecified atom stereocenters. The summed E-state index contributed by atoms with van der Waals surface area (Å²) in [6, 6.07) is 38.9. The van der Waals surface area contributed by atoms with Crippen molar-refractivity contribution < 1.29 is 9.63 Å². The highest BCUT2D eigenvalue weighted by Gasteiger charge is 2.39. The summed E-state index contributed by atoms with van der Waals surface area (Å²) in [4.78, 5) is 18.0. The Bertz CT molecular complexity index is 1010. The van der Waals surface area contributed by atoms with Gasteiger partial charge in [0.05, 0.1) is 0 Å². The third kappa shape index (κ3) is 3.78. The summed E-state index contributed by atoms with van der Waals surface area (Å²) in [5.41, 5.74) is 2.46. The van der Waals surface area contributed by atoms with Gasteiger partial charge in [-0.25, -0.2) is 0 Å². The van der Waals surface area contributed by atoms with Crippen LogP contribution in [-0.2, 0) is 15.2 Å². The van der Waals surface area contributed by atoms with Crippen molar-refractivity contribution in [2.75, 3.05) is 0 Å². The van der Waals surface area contributed by atoms with E-state index in [2.05, 4.69) is 5.16 Å². The molecule has 0 saturated carbocycles. The van der Waals surface area contributed by atoms with E-state index < -0.39 is 5.60 Å². The van der Waals surface area contributed by atoms with Crippen LogP contribution >= 0.6 is 0 Å². The smallest absolute Gasteiger partial charge is 0.257 e. The van der Waals surface area contributed by atoms with Crippen LogP contribution in [0, 0.1) is 0 Å². The molecule has 0 aliphatic carbocycles. The first-order valence-electron chi connectivity index (χ1n) is 9.71. The minimum atomic E-state index is -1.03. The second kappa shape index (κ2) is 9.01. The largest absolute Gasteiger partial charge is 0.374 e. The van der Waals surface area contributed by atoms with E-state index in [1.807, 2.05) is 128 Å². The Morgan fingerprint density at radius 3 is 1.33 bits per heavy atom. The molecule has 0 N–H and O–H groups in total. The average molecular weight is 390 g/mol. The SMILES string of the molecule is O=[C]C(=NOC(c1ccccc1)(c1ccccc1)c1ccccc1)c1ccccc1. The molecule has 1 radical (unpaired) electrons. The number of hydrogen-bond acceptors (Lipinski definition) is 3. The minimum Gasteiger partial charge on any atom is -0.374 e. The lowest BCUT2D eigenvalue weighted by atomic mass is 9.80. The van der Waals surface area contributed by atoms with Crippen LogP contribution in [0.5, 0.6) is 0 Å². The maximum atomic E-state index is 11.7. The van der Waals surface area contributed by atoms with E-state index in [0.717, 1.165) is 16.7 Å². The first-order chi connectivity index (χ1) is 14.8. The van der Waals surface area contributed by atoms with Crippen molar-refractivity contribution in [3.8, 4) is 0 Å². The van der Waals surface area contributed by atoms with Crippen LogP contribution in [-0.4, -0.2) is 12.0 Å². The highest BCUT2D eigenvalue weighted by atomic mass is 16.7. The summed E-state index contributed by atoms with van der Waals surface area (Å²) >= 11 is 0. The molecule has 0 aromatic heterocycles. The van der Waals surface area contributed by atoms with Gasteiger partial charge in [0, 0.05) is 22.3 Å². The first kappa shape index (κ1) is 19.3. The van der Waals surface area contributed by atoms with Gasteiger partial charge in [-0.2, -0.15) is 0 Å². The Morgan fingerprint density at radius 1 is 0.600 bits per heavy atom. The van der Waals surface area contributed by atoms with Crippen molar-refractivity contribution in [3.05, 3.63) is 144 Å². The molecule has 0 aliphatic rings. The van der Waals surface area contributed by atoms with E-state index in [1.165, 1.54) is 0 Å². The average Bonchev–Trinajstić information content (AvgIpc) is 2.84. The van der Waals surface area contributed by atoms with E-state index in [0.29, 0.717) is 5.56 Å². The topological polar surface area (TPSA) is 38.7 Å². The molecule has 4 aromatic carbocycles. The maximum absolute atomic E-state index is 11.7. The van der Waals surface area contributed by atoms with Gasteiger partial charge in [-0.15, -0.1) is 0 Å². The van der Waals surface area contributed by atoms with Crippen molar-refractivity contribution >= 4 is 12.0 Å². The predicted octanol–water partition coefficient (Wildman–Crippen LogP) is 5.51. The Balaban J connectivity index is 1.93. The number of rotatable bonds is 7. The molecule has 0 fully saturated rings. The van der Waals surface area contributed by atoms with Gasteiger partial charge >= 0.3 is 0 Å². The molecule has 3 heteroatoms. The van der Waals surface area contributed by atoms with Crippen molar-refractivity contribution in [2.45, 2.75) is 5.60 Å². The lowest BCUT2D eigenvalue weighted by Gasteiger charge is -2.33. The molecule has 4 rings (SSSR count). The van der Waals surface area contributed by atoms with E-state index in [-0.39, 0.29) is 5.71 Å². The number of hydrogen-bond donors (Lipinski definition) is 0. The maximum Gasteiger partial charge on any atom is 0.257 e. The Hall–Kier alpha value is -3.98. The summed E-state index contributed by atoms with van der Waals surface area (Å²) in [6.07, 6.45) is 1.92. The molecular formula is C27H20NO2. The van der Waals surface area contributed by atoms with Gasteiger partial charge in [0.15, 0.2) is 5.71 Å². The third-order valence-electron chi connectivity index (χ3n) is 4.96.